The minimum atomic E-state index is -1.16. The SMILES string of the molecule is C=CCOc1ccc(CC(NC(=O)OC(C)(C)C)C(=O)O)cc1Cl. The van der Waals surface area contributed by atoms with Crippen LogP contribution in [0.25, 0.3) is 0 Å². The normalized spacial score (nSPS) is 12.2. The molecule has 0 aliphatic heterocycles. The van der Waals surface area contributed by atoms with E-state index in [1.165, 1.54) is 0 Å². The Kier molecular flexibility index (Phi) is 7.10. The Labute approximate surface area is 146 Å². The summed E-state index contributed by atoms with van der Waals surface area (Å²) in [6, 6.07) is 3.81. The topological polar surface area (TPSA) is 84.9 Å². The molecule has 132 valence electrons. The number of nitrogens with one attached hydrogen (secondary N) is 1. The molecule has 1 aromatic carbocycles. The van der Waals surface area contributed by atoms with Gasteiger partial charge in [0.1, 0.15) is 24.0 Å². The van der Waals surface area contributed by atoms with Crippen molar-refractivity contribution in [3.05, 3.63) is 41.4 Å². The van der Waals surface area contributed by atoms with Crippen LogP contribution in [0, 0.1) is 0 Å². The monoisotopic (exact) mass is 355 g/mol. The Hall–Kier alpha value is -2.21. The molecule has 0 aliphatic carbocycles. The Balaban J connectivity index is 2.78. The molecule has 2 N–H and O–H groups in total. The van der Waals surface area contributed by atoms with Gasteiger partial charge in [0.05, 0.1) is 5.02 Å². The number of hydrogen-bond donors (Lipinski definition) is 2. The van der Waals surface area contributed by atoms with E-state index in [9.17, 15) is 14.7 Å². The summed E-state index contributed by atoms with van der Waals surface area (Å²) in [5.74, 6) is -0.684. The molecule has 0 saturated carbocycles. The van der Waals surface area contributed by atoms with Crippen molar-refractivity contribution in [1.82, 2.24) is 5.32 Å². The molecule has 0 radical (unpaired) electrons. The van der Waals surface area contributed by atoms with E-state index in [0.29, 0.717) is 22.9 Å². The zero-order valence-electron chi connectivity index (χ0n) is 14.0. The Morgan fingerprint density at radius 2 is 2.08 bits per heavy atom. The molecule has 0 spiro atoms. The van der Waals surface area contributed by atoms with Crippen LogP contribution in [0.4, 0.5) is 4.79 Å². The van der Waals surface area contributed by atoms with E-state index in [1.807, 2.05) is 0 Å². The van der Waals surface area contributed by atoms with Crippen molar-refractivity contribution in [3.63, 3.8) is 0 Å². The third-order valence-corrected chi connectivity index (χ3v) is 3.08. The highest BCUT2D eigenvalue weighted by atomic mass is 35.5. The zero-order chi connectivity index (χ0) is 18.3. The van der Waals surface area contributed by atoms with Gasteiger partial charge < -0.3 is 19.9 Å². The van der Waals surface area contributed by atoms with Crippen molar-refractivity contribution >= 4 is 23.7 Å². The molecule has 0 saturated heterocycles. The smallest absolute Gasteiger partial charge is 0.408 e. The number of carboxylic acid groups (broad SMARTS) is 1. The third-order valence-electron chi connectivity index (χ3n) is 2.78. The van der Waals surface area contributed by atoms with Crippen LogP contribution in [0.1, 0.15) is 26.3 Å². The maximum absolute atomic E-state index is 11.8. The highest BCUT2D eigenvalue weighted by molar-refractivity contribution is 6.32. The number of carbonyl (C=O) groups is 2. The number of aliphatic carboxylic acids is 1. The summed E-state index contributed by atoms with van der Waals surface area (Å²) in [5, 5.41) is 12.0. The predicted molar refractivity (Wildman–Crippen MR) is 91.6 cm³/mol. The first-order valence-corrected chi connectivity index (χ1v) is 7.74. The van der Waals surface area contributed by atoms with Crippen LogP contribution in [0.15, 0.2) is 30.9 Å². The lowest BCUT2D eigenvalue weighted by atomic mass is 10.1. The number of carboxylic acids is 1. The minimum Gasteiger partial charge on any atom is -0.488 e. The van der Waals surface area contributed by atoms with Crippen molar-refractivity contribution in [2.45, 2.75) is 38.8 Å². The second-order valence-corrected chi connectivity index (χ2v) is 6.51. The molecule has 0 heterocycles. The van der Waals surface area contributed by atoms with Gasteiger partial charge in [-0.25, -0.2) is 9.59 Å². The first-order valence-electron chi connectivity index (χ1n) is 7.37. The molecule has 1 aromatic rings. The lowest BCUT2D eigenvalue weighted by molar-refractivity contribution is -0.139. The van der Waals surface area contributed by atoms with Crippen LogP contribution in [-0.4, -0.2) is 35.4 Å². The van der Waals surface area contributed by atoms with Crippen molar-refractivity contribution in [1.29, 1.82) is 0 Å². The highest BCUT2D eigenvalue weighted by Crippen LogP contribution is 2.26. The van der Waals surface area contributed by atoms with E-state index < -0.39 is 23.7 Å². The van der Waals surface area contributed by atoms with Gasteiger partial charge in [-0.05, 0) is 38.5 Å². The fourth-order valence-electron chi connectivity index (χ4n) is 1.82. The third kappa shape index (κ3) is 6.91. The number of amides is 1. The number of hydrogen-bond acceptors (Lipinski definition) is 4. The average Bonchev–Trinajstić information content (AvgIpc) is 2.43. The van der Waals surface area contributed by atoms with Crippen molar-refractivity contribution in [2.24, 2.45) is 0 Å². The quantitative estimate of drug-likeness (QED) is 0.732. The lowest BCUT2D eigenvalue weighted by Gasteiger charge is -2.22. The number of benzene rings is 1. The van der Waals surface area contributed by atoms with Gasteiger partial charge in [0.2, 0.25) is 0 Å². The molecule has 1 atom stereocenters. The van der Waals surface area contributed by atoms with Gasteiger partial charge in [0, 0.05) is 6.42 Å². The average molecular weight is 356 g/mol. The largest absolute Gasteiger partial charge is 0.488 e. The number of ether oxygens (including phenoxy) is 2. The zero-order valence-corrected chi connectivity index (χ0v) is 14.7. The van der Waals surface area contributed by atoms with Crippen LogP contribution >= 0.6 is 11.6 Å². The van der Waals surface area contributed by atoms with Gasteiger partial charge in [0.25, 0.3) is 0 Å². The summed E-state index contributed by atoms with van der Waals surface area (Å²) in [5.41, 5.74) is -0.0601. The number of halogens is 1. The molecule has 0 fully saturated rings. The molecule has 6 nitrogen and oxygen atoms in total. The molecular formula is C17H22ClNO5. The molecule has 0 aromatic heterocycles. The first-order chi connectivity index (χ1) is 11.1. The highest BCUT2D eigenvalue weighted by Gasteiger charge is 2.24. The maximum atomic E-state index is 11.8. The molecule has 1 unspecified atom stereocenters. The lowest BCUT2D eigenvalue weighted by Crippen LogP contribution is -2.44. The van der Waals surface area contributed by atoms with E-state index >= 15 is 0 Å². The van der Waals surface area contributed by atoms with E-state index in [1.54, 1.807) is 45.0 Å². The summed E-state index contributed by atoms with van der Waals surface area (Å²) >= 11 is 6.10. The van der Waals surface area contributed by atoms with Gasteiger partial charge in [-0.1, -0.05) is 30.3 Å². The predicted octanol–water partition coefficient (Wildman–Crippen LogP) is 3.43. The Morgan fingerprint density at radius 1 is 1.42 bits per heavy atom. The van der Waals surface area contributed by atoms with E-state index in [0.717, 1.165) is 0 Å². The van der Waals surface area contributed by atoms with Crippen molar-refractivity contribution < 1.29 is 24.2 Å². The molecule has 1 amide bonds. The Morgan fingerprint density at radius 3 is 2.58 bits per heavy atom. The molecule has 0 aliphatic rings. The molecule has 1 rings (SSSR count). The second-order valence-electron chi connectivity index (χ2n) is 6.11. The van der Waals surface area contributed by atoms with Gasteiger partial charge in [-0.2, -0.15) is 0 Å². The van der Waals surface area contributed by atoms with Gasteiger partial charge in [0.15, 0.2) is 0 Å². The van der Waals surface area contributed by atoms with E-state index in [4.69, 9.17) is 21.1 Å². The molecule has 24 heavy (non-hydrogen) atoms. The molecular weight excluding hydrogens is 334 g/mol. The van der Waals surface area contributed by atoms with Crippen LogP contribution in [0.5, 0.6) is 5.75 Å². The van der Waals surface area contributed by atoms with Crippen molar-refractivity contribution in [2.75, 3.05) is 6.61 Å². The van der Waals surface area contributed by atoms with Crippen molar-refractivity contribution in [3.8, 4) is 5.75 Å². The summed E-state index contributed by atoms with van der Waals surface area (Å²) in [7, 11) is 0. The van der Waals surface area contributed by atoms with Gasteiger partial charge in [-0.15, -0.1) is 0 Å². The summed E-state index contributed by atoms with van der Waals surface area (Å²) in [6.07, 6.45) is 0.873. The summed E-state index contributed by atoms with van der Waals surface area (Å²) in [4.78, 5) is 23.1. The Bertz CT molecular complexity index is 609. The van der Waals surface area contributed by atoms with Crippen LogP contribution in [0.2, 0.25) is 5.02 Å². The minimum absolute atomic E-state index is 0.0655. The fraction of sp³-hybridized carbons (Fsp3) is 0.412. The number of rotatable bonds is 7. The molecule has 0 bridgehead atoms. The second kappa shape index (κ2) is 8.59. The van der Waals surface area contributed by atoms with Crippen LogP contribution in [0.3, 0.4) is 0 Å². The van der Waals surface area contributed by atoms with E-state index in [2.05, 4.69) is 11.9 Å². The van der Waals surface area contributed by atoms with E-state index in [-0.39, 0.29) is 6.42 Å². The first kappa shape index (κ1) is 19.8. The number of alkyl carbamates (subject to hydrolysis) is 1. The maximum Gasteiger partial charge on any atom is 0.408 e. The molecule has 7 heteroatoms. The summed E-state index contributed by atoms with van der Waals surface area (Å²) < 4.78 is 10.4. The van der Waals surface area contributed by atoms with Crippen LogP contribution in [-0.2, 0) is 16.0 Å². The standard InChI is InChI=1S/C17H22ClNO5/c1-5-8-23-14-7-6-11(9-12(14)18)10-13(15(20)21)19-16(22)24-17(2,3)4/h5-7,9,13H,1,8,10H2,2-4H3,(H,19,22)(H,20,21). The van der Waals surface area contributed by atoms with Gasteiger partial charge in [-0.3, -0.25) is 0 Å². The van der Waals surface area contributed by atoms with Crippen LogP contribution < -0.4 is 10.1 Å². The van der Waals surface area contributed by atoms with Gasteiger partial charge >= 0.3 is 12.1 Å². The fourth-order valence-corrected chi connectivity index (χ4v) is 2.08. The number of carbonyl (C=O) groups excluding carboxylic acids is 1. The summed E-state index contributed by atoms with van der Waals surface area (Å²) in [6.45, 7) is 8.96.